The van der Waals surface area contributed by atoms with Crippen LogP contribution in [0, 0.1) is 5.92 Å². The molecule has 0 bridgehead atoms. The van der Waals surface area contributed by atoms with Gasteiger partial charge in [0.05, 0.1) is 5.37 Å². The number of amides is 1. The molecule has 0 saturated carbocycles. The predicted octanol–water partition coefficient (Wildman–Crippen LogP) is 1.52. The van der Waals surface area contributed by atoms with Crippen molar-refractivity contribution < 1.29 is 14.7 Å². The first-order valence-corrected chi connectivity index (χ1v) is 7.91. The molecule has 1 amide bonds. The van der Waals surface area contributed by atoms with Crippen molar-refractivity contribution in [1.82, 2.24) is 4.90 Å². The molecular weight excluding hydrogens is 264 g/mol. The van der Waals surface area contributed by atoms with E-state index in [0.717, 1.165) is 19.3 Å². The largest absolute Gasteiger partial charge is 0.480 e. The Morgan fingerprint density at radius 1 is 1.53 bits per heavy atom. The summed E-state index contributed by atoms with van der Waals surface area (Å²) in [5.41, 5.74) is 5.54. The van der Waals surface area contributed by atoms with Gasteiger partial charge in [-0.05, 0) is 25.3 Å². The molecule has 1 aliphatic rings. The van der Waals surface area contributed by atoms with E-state index < -0.39 is 12.0 Å². The van der Waals surface area contributed by atoms with Gasteiger partial charge in [0.25, 0.3) is 0 Å². The summed E-state index contributed by atoms with van der Waals surface area (Å²) in [4.78, 5) is 25.1. The standard InChI is InChI=1S/C13H24N2O3S/c1-3-4-12-15(10(8-19-12)13(17)18)11(16)6-5-9(2)7-14/h9-10,12H,3-8,14H2,1-2H3,(H,17,18). The van der Waals surface area contributed by atoms with Crippen LogP contribution in [0.1, 0.15) is 39.5 Å². The minimum Gasteiger partial charge on any atom is -0.480 e. The highest BCUT2D eigenvalue weighted by atomic mass is 32.2. The maximum atomic E-state index is 12.3. The molecule has 1 rings (SSSR count). The number of carboxylic acids is 1. The summed E-state index contributed by atoms with van der Waals surface area (Å²) in [6.07, 6.45) is 2.92. The van der Waals surface area contributed by atoms with Gasteiger partial charge in [-0.15, -0.1) is 11.8 Å². The fourth-order valence-electron chi connectivity index (χ4n) is 2.17. The number of hydrogen-bond acceptors (Lipinski definition) is 4. The molecule has 3 N–H and O–H groups in total. The van der Waals surface area contributed by atoms with Gasteiger partial charge in [-0.2, -0.15) is 0 Å². The topological polar surface area (TPSA) is 83.6 Å². The number of carboxylic acid groups (broad SMARTS) is 1. The number of nitrogens with two attached hydrogens (primary N) is 1. The summed E-state index contributed by atoms with van der Waals surface area (Å²) in [6, 6.07) is -0.665. The third kappa shape index (κ3) is 4.38. The first-order chi connectivity index (χ1) is 9.01. The zero-order chi connectivity index (χ0) is 14.4. The van der Waals surface area contributed by atoms with Crippen LogP contribution in [0.4, 0.5) is 0 Å². The number of carbonyl (C=O) groups is 2. The summed E-state index contributed by atoms with van der Waals surface area (Å²) in [5.74, 6) is -0.146. The first kappa shape index (κ1) is 16.3. The number of thioether (sulfide) groups is 1. The van der Waals surface area contributed by atoms with Crippen LogP contribution in [0.3, 0.4) is 0 Å². The zero-order valence-electron chi connectivity index (χ0n) is 11.7. The third-order valence-corrected chi connectivity index (χ3v) is 4.81. The highest BCUT2D eigenvalue weighted by molar-refractivity contribution is 8.00. The number of carbonyl (C=O) groups excluding carboxylic acids is 1. The maximum absolute atomic E-state index is 12.3. The molecule has 0 aromatic carbocycles. The molecule has 1 heterocycles. The molecule has 3 atom stereocenters. The van der Waals surface area contributed by atoms with E-state index in [1.807, 2.05) is 13.8 Å². The van der Waals surface area contributed by atoms with E-state index >= 15 is 0 Å². The van der Waals surface area contributed by atoms with E-state index in [1.165, 1.54) is 0 Å². The molecule has 0 aromatic rings. The fourth-order valence-corrected chi connectivity index (χ4v) is 3.71. The first-order valence-electron chi connectivity index (χ1n) is 6.86. The van der Waals surface area contributed by atoms with E-state index in [-0.39, 0.29) is 11.3 Å². The van der Waals surface area contributed by atoms with Crippen molar-refractivity contribution in [2.45, 2.75) is 50.9 Å². The molecule has 1 saturated heterocycles. The molecule has 0 spiro atoms. The molecule has 0 radical (unpaired) electrons. The van der Waals surface area contributed by atoms with Crippen molar-refractivity contribution in [3.05, 3.63) is 0 Å². The van der Waals surface area contributed by atoms with Gasteiger partial charge in [0.15, 0.2) is 0 Å². The van der Waals surface area contributed by atoms with Crippen molar-refractivity contribution in [2.75, 3.05) is 12.3 Å². The van der Waals surface area contributed by atoms with Crippen molar-refractivity contribution in [3.63, 3.8) is 0 Å². The second-order valence-corrected chi connectivity index (χ2v) is 6.32. The normalized spacial score (nSPS) is 24.5. The average Bonchev–Trinajstić information content (AvgIpc) is 2.80. The lowest BCUT2D eigenvalue weighted by molar-refractivity contribution is -0.149. The summed E-state index contributed by atoms with van der Waals surface area (Å²) in [7, 11) is 0. The third-order valence-electron chi connectivity index (χ3n) is 3.45. The Balaban J connectivity index is 2.66. The van der Waals surface area contributed by atoms with Crippen molar-refractivity contribution >= 4 is 23.6 Å². The van der Waals surface area contributed by atoms with Crippen LogP contribution in [-0.4, -0.2) is 45.6 Å². The highest BCUT2D eigenvalue weighted by Crippen LogP contribution is 2.33. The highest BCUT2D eigenvalue weighted by Gasteiger charge is 2.40. The molecule has 5 nitrogen and oxygen atoms in total. The number of rotatable bonds is 7. The van der Waals surface area contributed by atoms with E-state index in [9.17, 15) is 14.7 Å². The van der Waals surface area contributed by atoms with Gasteiger partial charge in [-0.3, -0.25) is 4.79 Å². The van der Waals surface area contributed by atoms with Gasteiger partial charge in [-0.25, -0.2) is 4.79 Å². The molecule has 110 valence electrons. The minimum absolute atomic E-state index is 0.0202. The number of nitrogens with zero attached hydrogens (tertiary/aromatic N) is 1. The Labute approximate surface area is 118 Å². The average molecular weight is 288 g/mol. The van der Waals surface area contributed by atoms with Crippen molar-refractivity contribution in [3.8, 4) is 0 Å². The van der Waals surface area contributed by atoms with E-state index in [4.69, 9.17) is 5.73 Å². The Morgan fingerprint density at radius 2 is 2.21 bits per heavy atom. The summed E-state index contributed by atoms with van der Waals surface area (Å²) < 4.78 is 0. The molecule has 19 heavy (non-hydrogen) atoms. The minimum atomic E-state index is -0.897. The summed E-state index contributed by atoms with van der Waals surface area (Å²) in [5, 5.41) is 9.24. The van der Waals surface area contributed by atoms with Gasteiger partial charge < -0.3 is 15.7 Å². The molecule has 0 aliphatic carbocycles. The molecular formula is C13H24N2O3S. The van der Waals surface area contributed by atoms with E-state index in [2.05, 4.69) is 0 Å². The van der Waals surface area contributed by atoms with Crippen LogP contribution in [0.2, 0.25) is 0 Å². The predicted molar refractivity (Wildman–Crippen MR) is 76.9 cm³/mol. The lowest BCUT2D eigenvalue weighted by Crippen LogP contribution is -2.45. The lowest BCUT2D eigenvalue weighted by Gasteiger charge is -2.27. The van der Waals surface area contributed by atoms with Crippen LogP contribution in [-0.2, 0) is 9.59 Å². The lowest BCUT2D eigenvalue weighted by atomic mass is 10.0. The Morgan fingerprint density at radius 3 is 2.74 bits per heavy atom. The van der Waals surface area contributed by atoms with Crippen molar-refractivity contribution in [1.29, 1.82) is 0 Å². The summed E-state index contributed by atoms with van der Waals surface area (Å²) in [6.45, 7) is 4.61. The van der Waals surface area contributed by atoms with Gasteiger partial charge in [-0.1, -0.05) is 20.3 Å². The molecule has 1 fully saturated rings. The maximum Gasteiger partial charge on any atom is 0.327 e. The van der Waals surface area contributed by atoms with Crippen LogP contribution < -0.4 is 5.73 Å². The number of aliphatic carboxylic acids is 1. The van der Waals surface area contributed by atoms with E-state index in [1.54, 1.807) is 16.7 Å². The van der Waals surface area contributed by atoms with Crippen molar-refractivity contribution in [2.24, 2.45) is 11.7 Å². The Hall–Kier alpha value is -0.750. The molecule has 1 aliphatic heterocycles. The van der Waals surface area contributed by atoms with Crippen LogP contribution in [0.5, 0.6) is 0 Å². The van der Waals surface area contributed by atoms with Gasteiger partial charge >= 0.3 is 5.97 Å². The van der Waals surface area contributed by atoms with Crippen LogP contribution >= 0.6 is 11.8 Å². The Bertz CT molecular complexity index is 325. The summed E-state index contributed by atoms with van der Waals surface area (Å²) >= 11 is 1.58. The molecule has 3 unspecified atom stereocenters. The molecule has 0 aromatic heterocycles. The number of hydrogen-bond donors (Lipinski definition) is 2. The van der Waals surface area contributed by atoms with Crippen LogP contribution in [0.15, 0.2) is 0 Å². The smallest absolute Gasteiger partial charge is 0.327 e. The quantitative estimate of drug-likeness (QED) is 0.742. The monoisotopic (exact) mass is 288 g/mol. The van der Waals surface area contributed by atoms with E-state index in [0.29, 0.717) is 24.6 Å². The Kier molecular flexibility index (Phi) is 6.65. The SMILES string of the molecule is CCCC1SCC(C(=O)O)N1C(=O)CCC(C)CN. The zero-order valence-corrected chi connectivity index (χ0v) is 12.5. The van der Waals surface area contributed by atoms with Gasteiger partial charge in [0.2, 0.25) is 5.91 Å². The van der Waals surface area contributed by atoms with Crippen LogP contribution in [0.25, 0.3) is 0 Å². The second kappa shape index (κ2) is 7.75. The van der Waals surface area contributed by atoms with Gasteiger partial charge in [0, 0.05) is 12.2 Å². The molecule has 6 heteroatoms. The van der Waals surface area contributed by atoms with Gasteiger partial charge in [0.1, 0.15) is 6.04 Å². The second-order valence-electron chi connectivity index (χ2n) is 5.11. The fraction of sp³-hybridized carbons (Fsp3) is 0.846.